The monoisotopic (exact) mass is 515 g/mol. The number of carbonyl (C=O) groups is 2. The molecule has 0 radical (unpaired) electrons. The summed E-state index contributed by atoms with van der Waals surface area (Å²) in [6, 6.07) is 7.92. The molecule has 3 N–H and O–H groups in total. The normalized spacial score (nSPS) is 15.5. The van der Waals surface area contributed by atoms with Gasteiger partial charge in [0.15, 0.2) is 11.6 Å². The smallest absolute Gasteiger partial charge is 0.290 e. The summed E-state index contributed by atoms with van der Waals surface area (Å²) in [4.78, 5) is 25.0. The van der Waals surface area contributed by atoms with E-state index in [0.717, 1.165) is 11.6 Å². The second-order valence-electron chi connectivity index (χ2n) is 8.09. The molecule has 192 valence electrons. The number of carboxylic acid groups (broad SMARTS) is 1. The Bertz CT molecular complexity index is 992. The predicted octanol–water partition coefficient (Wildman–Crippen LogP) is 3.25. The highest BCUT2D eigenvalue weighted by Crippen LogP contribution is 2.29. The van der Waals surface area contributed by atoms with Gasteiger partial charge in [-0.05, 0) is 29.7 Å². The molecule has 1 fully saturated rings. The molecule has 1 aliphatic rings. The summed E-state index contributed by atoms with van der Waals surface area (Å²) >= 11 is 6.44. The number of morpholine rings is 1. The molecule has 0 aliphatic carbocycles. The summed E-state index contributed by atoms with van der Waals surface area (Å²) in [5, 5.41) is 7.51. The Morgan fingerprint density at radius 2 is 1.80 bits per heavy atom. The fourth-order valence-corrected chi connectivity index (χ4v) is 4.12. The Hall–Kier alpha value is -2.66. The van der Waals surface area contributed by atoms with Gasteiger partial charge in [0.2, 0.25) is 5.91 Å². The predicted molar refractivity (Wildman–Crippen MR) is 126 cm³/mol. The topological polar surface area (TPSA) is 96.1 Å². The maximum absolute atomic E-state index is 13.9. The van der Waals surface area contributed by atoms with Crippen LogP contribution in [0.2, 0.25) is 5.02 Å². The number of amides is 1. The third-order valence-electron chi connectivity index (χ3n) is 5.63. The van der Waals surface area contributed by atoms with Gasteiger partial charge < -0.3 is 20.5 Å². The van der Waals surface area contributed by atoms with Gasteiger partial charge in [0, 0.05) is 50.2 Å². The Morgan fingerprint density at radius 3 is 2.43 bits per heavy atom. The standard InChI is InChI=1S/C23H27ClF3N3O2.CH2O2/c1-29(23(31)12-16(28)10-15-11-20(26)21(27)13-19(15)25)14-22(30-6-8-32-9-7-30)17-4-2-3-5-18(17)24;2-1-3/h2-5,11,13,16,22H,6-10,12,14,28H2,1H3;1H,(H,2,3)/t16-,22+;/m1./s1. The van der Waals surface area contributed by atoms with E-state index in [1.165, 1.54) is 0 Å². The minimum absolute atomic E-state index is 0.0610. The molecule has 1 amide bonds. The van der Waals surface area contributed by atoms with Crippen LogP contribution in [0.15, 0.2) is 36.4 Å². The van der Waals surface area contributed by atoms with Crippen molar-refractivity contribution in [3.8, 4) is 0 Å². The van der Waals surface area contributed by atoms with E-state index in [2.05, 4.69) is 4.90 Å². The molecular formula is C24H29ClF3N3O4. The van der Waals surface area contributed by atoms with Gasteiger partial charge >= 0.3 is 0 Å². The average molecular weight is 516 g/mol. The van der Waals surface area contributed by atoms with Gasteiger partial charge in [-0.3, -0.25) is 14.5 Å². The zero-order chi connectivity index (χ0) is 26.0. The van der Waals surface area contributed by atoms with Crippen molar-refractivity contribution in [1.29, 1.82) is 0 Å². The van der Waals surface area contributed by atoms with E-state index >= 15 is 0 Å². The van der Waals surface area contributed by atoms with E-state index in [1.807, 2.05) is 24.3 Å². The van der Waals surface area contributed by atoms with Crippen molar-refractivity contribution >= 4 is 24.0 Å². The molecule has 0 unspecified atom stereocenters. The zero-order valence-corrected chi connectivity index (χ0v) is 20.1. The fraction of sp³-hybridized carbons (Fsp3) is 0.417. The number of halogens is 4. The number of nitrogens with two attached hydrogens (primary N) is 1. The minimum Gasteiger partial charge on any atom is -0.483 e. The first-order chi connectivity index (χ1) is 16.7. The lowest BCUT2D eigenvalue weighted by atomic mass is 10.0. The first-order valence-corrected chi connectivity index (χ1v) is 11.3. The molecule has 2 aromatic carbocycles. The molecular weight excluding hydrogens is 487 g/mol. The number of nitrogens with zero attached hydrogens (tertiary/aromatic N) is 2. The maximum atomic E-state index is 13.9. The number of benzene rings is 2. The Labute approximate surface area is 207 Å². The zero-order valence-electron chi connectivity index (χ0n) is 19.3. The van der Waals surface area contributed by atoms with Gasteiger partial charge in [0.1, 0.15) is 5.82 Å². The van der Waals surface area contributed by atoms with Gasteiger partial charge in [-0.1, -0.05) is 29.8 Å². The third kappa shape index (κ3) is 8.50. The molecule has 0 aromatic heterocycles. The van der Waals surface area contributed by atoms with Crippen LogP contribution in [0.25, 0.3) is 0 Å². The van der Waals surface area contributed by atoms with Crippen LogP contribution in [-0.2, 0) is 20.7 Å². The molecule has 0 bridgehead atoms. The number of likely N-dealkylation sites (N-methyl/N-ethyl adjacent to an activating group) is 1. The highest BCUT2D eigenvalue weighted by atomic mass is 35.5. The van der Waals surface area contributed by atoms with Crippen molar-refractivity contribution in [3.63, 3.8) is 0 Å². The van der Waals surface area contributed by atoms with Crippen LogP contribution in [0.1, 0.15) is 23.6 Å². The van der Waals surface area contributed by atoms with Crippen molar-refractivity contribution in [3.05, 3.63) is 70.0 Å². The average Bonchev–Trinajstić information content (AvgIpc) is 2.82. The van der Waals surface area contributed by atoms with Crippen molar-refractivity contribution in [2.24, 2.45) is 5.73 Å². The summed E-state index contributed by atoms with van der Waals surface area (Å²) in [5.41, 5.74) is 6.89. The van der Waals surface area contributed by atoms with E-state index in [9.17, 15) is 18.0 Å². The van der Waals surface area contributed by atoms with Crippen LogP contribution >= 0.6 is 11.6 Å². The number of carbonyl (C=O) groups excluding carboxylic acids is 1. The van der Waals surface area contributed by atoms with Gasteiger partial charge in [-0.2, -0.15) is 0 Å². The van der Waals surface area contributed by atoms with E-state index < -0.39 is 23.5 Å². The minimum atomic E-state index is -1.26. The molecule has 0 saturated carbocycles. The lowest BCUT2D eigenvalue weighted by Crippen LogP contribution is -2.45. The quantitative estimate of drug-likeness (QED) is 0.414. The second kappa shape index (κ2) is 14.0. The number of ether oxygens (including phenoxy) is 1. The number of hydrogen-bond donors (Lipinski definition) is 2. The van der Waals surface area contributed by atoms with E-state index in [-0.39, 0.29) is 36.8 Å². The summed E-state index contributed by atoms with van der Waals surface area (Å²) in [6.07, 6.45) is -0.146. The summed E-state index contributed by atoms with van der Waals surface area (Å²) in [5.74, 6) is -3.52. The summed E-state index contributed by atoms with van der Waals surface area (Å²) in [7, 11) is 1.68. The molecule has 1 saturated heterocycles. The first kappa shape index (κ1) is 28.6. The van der Waals surface area contributed by atoms with E-state index in [0.29, 0.717) is 43.9 Å². The molecule has 35 heavy (non-hydrogen) atoms. The molecule has 7 nitrogen and oxygen atoms in total. The van der Waals surface area contributed by atoms with Crippen molar-refractivity contribution in [2.45, 2.75) is 24.9 Å². The number of hydrogen-bond acceptors (Lipinski definition) is 5. The highest BCUT2D eigenvalue weighted by Gasteiger charge is 2.27. The van der Waals surface area contributed by atoms with Crippen LogP contribution in [-0.4, -0.2) is 73.2 Å². The molecule has 0 spiro atoms. The van der Waals surface area contributed by atoms with Gasteiger partial charge in [-0.25, -0.2) is 13.2 Å². The molecule has 3 rings (SSSR count). The van der Waals surface area contributed by atoms with Crippen LogP contribution in [0.4, 0.5) is 13.2 Å². The molecule has 11 heteroatoms. The Balaban J connectivity index is 0.00000137. The van der Waals surface area contributed by atoms with Crippen LogP contribution < -0.4 is 5.73 Å². The maximum Gasteiger partial charge on any atom is 0.290 e. The van der Waals surface area contributed by atoms with Gasteiger partial charge in [-0.15, -0.1) is 0 Å². The van der Waals surface area contributed by atoms with Gasteiger partial charge in [0.25, 0.3) is 6.47 Å². The Morgan fingerprint density at radius 1 is 1.20 bits per heavy atom. The third-order valence-corrected chi connectivity index (χ3v) is 5.98. The van der Waals surface area contributed by atoms with Gasteiger partial charge in [0.05, 0.1) is 19.3 Å². The van der Waals surface area contributed by atoms with Crippen LogP contribution in [0, 0.1) is 17.5 Å². The lowest BCUT2D eigenvalue weighted by molar-refractivity contribution is -0.131. The van der Waals surface area contributed by atoms with E-state index in [1.54, 1.807) is 11.9 Å². The number of rotatable bonds is 8. The first-order valence-electron chi connectivity index (χ1n) is 10.9. The van der Waals surface area contributed by atoms with Crippen molar-refractivity contribution < 1.29 is 32.6 Å². The van der Waals surface area contributed by atoms with Crippen LogP contribution in [0.3, 0.4) is 0 Å². The molecule has 2 atom stereocenters. The van der Waals surface area contributed by atoms with Crippen LogP contribution in [0.5, 0.6) is 0 Å². The highest BCUT2D eigenvalue weighted by molar-refractivity contribution is 6.31. The van der Waals surface area contributed by atoms with Crippen molar-refractivity contribution in [1.82, 2.24) is 9.80 Å². The fourth-order valence-electron chi connectivity index (χ4n) is 3.86. The molecule has 2 aromatic rings. The second-order valence-corrected chi connectivity index (χ2v) is 8.50. The lowest BCUT2D eigenvalue weighted by Gasteiger charge is -2.37. The van der Waals surface area contributed by atoms with Crippen molar-refractivity contribution in [2.75, 3.05) is 39.9 Å². The Kier molecular flexibility index (Phi) is 11.5. The SMILES string of the molecule is CN(C[C@@H](c1ccccc1Cl)N1CCOCC1)C(=O)C[C@H](N)Cc1cc(F)c(F)cc1F.O=CO. The molecule has 1 heterocycles. The van der Waals surface area contributed by atoms with E-state index in [4.69, 9.17) is 32.0 Å². The molecule has 1 aliphatic heterocycles. The largest absolute Gasteiger partial charge is 0.483 e. The summed E-state index contributed by atoms with van der Waals surface area (Å²) < 4.78 is 45.9. The summed E-state index contributed by atoms with van der Waals surface area (Å²) in [6.45, 7) is 2.76.